The van der Waals surface area contributed by atoms with Crippen molar-refractivity contribution < 1.29 is 13.9 Å². The molecule has 0 bridgehead atoms. The first-order chi connectivity index (χ1) is 18.3. The van der Waals surface area contributed by atoms with E-state index >= 15 is 0 Å². The number of ether oxygens (including phenoxy) is 1. The number of hydrogen-bond donors (Lipinski definition) is 2. The highest BCUT2D eigenvalue weighted by Crippen LogP contribution is 2.36. The highest BCUT2D eigenvalue weighted by Gasteiger charge is 2.30. The van der Waals surface area contributed by atoms with Gasteiger partial charge in [0.05, 0.1) is 24.3 Å². The quantitative estimate of drug-likeness (QED) is 0.297. The van der Waals surface area contributed by atoms with E-state index in [2.05, 4.69) is 43.6 Å². The Hall–Kier alpha value is -2.96. The number of nitrogens with one attached hydrogen (secondary N) is 1. The zero-order valence-corrected chi connectivity index (χ0v) is 24.2. The van der Waals surface area contributed by atoms with Gasteiger partial charge in [0.25, 0.3) is 0 Å². The van der Waals surface area contributed by atoms with Gasteiger partial charge in [-0.25, -0.2) is 0 Å². The lowest BCUT2D eigenvalue weighted by Gasteiger charge is -2.26. The van der Waals surface area contributed by atoms with Crippen LogP contribution >= 0.6 is 11.6 Å². The van der Waals surface area contributed by atoms with E-state index < -0.39 is 5.95 Å². The minimum absolute atomic E-state index is 0.0462. The molecule has 3 N–H and O–H groups in total. The molecule has 0 radical (unpaired) electrons. The molecule has 0 fully saturated rings. The molecule has 2 aromatic carbocycles. The zero-order chi connectivity index (χ0) is 28.2. The Morgan fingerprint density at radius 3 is 2.50 bits per heavy atom. The molecule has 38 heavy (non-hydrogen) atoms. The van der Waals surface area contributed by atoms with Crippen molar-refractivity contribution in [1.29, 1.82) is 0 Å². The second kappa shape index (κ2) is 15.5. The van der Waals surface area contributed by atoms with Crippen LogP contribution in [0.15, 0.2) is 48.7 Å². The van der Waals surface area contributed by atoms with Gasteiger partial charge in [-0.1, -0.05) is 76.4 Å². The standard InChI is InChI=1S/C26H26ClFN2O2.C4H10.CH5N/c1-4-15(3)22-12-16(23-13-29-30-26(23)28)6-8-21(22)20(5-2)25(31)18-10-17-11-19(27)7-9-24(17)32-14-18;1-3-4-2;1-2/h5-9,11-13,15,18H,4,10,14H2,1-3H3,(H,29,30);3-4H2,1-2H3;2H2,1H3/b20-5+;;. The summed E-state index contributed by atoms with van der Waals surface area (Å²) in [5.74, 6) is 0.275. The summed E-state index contributed by atoms with van der Waals surface area (Å²) in [6, 6.07) is 11.3. The van der Waals surface area contributed by atoms with Crippen LogP contribution in [0.3, 0.4) is 0 Å². The van der Waals surface area contributed by atoms with Crippen molar-refractivity contribution in [2.45, 2.75) is 66.2 Å². The van der Waals surface area contributed by atoms with Gasteiger partial charge < -0.3 is 10.5 Å². The number of nitrogens with zero attached hydrogens (tertiary/aromatic N) is 1. The smallest absolute Gasteiger partial charge is 0.216 e. The van der Waals surface area contributed by atoms with Gasteiger partial charge in [0.15, 0.2) is 5.78 Å². The van der Waals surface area contributed by atoms with E-state index in [1.165, 1.54) is 26.1 Å². The number of carbonyl (C=O) groups excluding carboxylic acids is 1. The number of benzene rings is 2. The summed E-state index contributed by atoms with van der Waals surface area (Å²) in [6.45, 7) is 10.8. The Morgan fingerprint density at radius 2 is 1.92 bits per heavy atom. The van der Waals surface area contributed by atoms with Crippen molar-refractivity contribution in [2.75, 3.05) is 13.7 Å². The fraction of sp³-hybridized carbons (Fsp3) is 0.419. The van der Waals surface area contributed by atoms with Crippen molar-refractivity contribution in [3.05, 3.63) is 76.3 Å². The molecular weight excluding hydrogens is 501 g/mol. The Morgan fingerprint density at radius 1 is 1.21 bits per heavy atom. The van der Waals surface area contributed by atoms with Crippen LogP contribution in [0, 0.1) is 11.9 Å². The Bertz CT molecular complexity index is 1220. The summed E-state index contributed by atoms with van der Waals surface area (Å²) < 4.78 is 20.0. The average Bonchev–Trinajstić information content (AvgIpc) is 3.39. The van der Waals surface area contributed by atoms with Crippen molar-refractivity contribution >= 4 is 23.0 Å². The van der Waals surface area contributed by atoms with Crippen molar-refractivity contribution in [3.63, 3.8) is 0 Å². The predicted molar refractivity (Wildman–Crippen MR) is 156 cm³/mol. The minimum Gasteiger partial charge on any atom is -0.493 e. The Labute approximate surface area is 231 Å². The number of carbonyl (C=O) groups is 1. The number of halogens is 2. The molecule has 1 aromatic heterocycles. The minimum atomic E-state index is -0.466. The highest BCUT2D eigenvalue weighted by molar-refractivity contribution is 6.30. The molecule has 0 saturated heterocycles. The lowest BCUT2D eigenvalue weighted by atomic mass is 9.82. The van der Waals surface area contributed by atoms with Crippen LogP contribution in [0.4, 0.5) is 4.39 Å². The lowest BCUT2D eigenvalue weighted by molar-refractivity contribution is -0.118. The summed E-state index contributed by atoms with van der Waals surface area (Å²) in [4.78, 5) is 13.6. The summed E-state index contributed by atoms with van der Waals surface area (Å²) in [5, 5.41) is 6.77. The molecule has 0 amide bonds. The predicted octanol–water partition coefficient (Wildman–Crippen LogP) is 7.99. The molecule has 1 aliphatic heterocycles. The van der Waals surface area contributed by atoms with Gasteiger partial charge in [0.2, 0.25) is 5.95 Å². The average molecular weight is 542 g/mol. The van der Waals surface area contributed by atoms with Gasteiger partial charge in [0, 0.05) is 10.6 Å². The first-order valence-corrected chi connectivity index (χ1v) is 13.7. The molecule has 0 aliphatic carbocycles. The molecule has 2 heterocycles. The maximum absolute atomic E-state index is 14.1. The summed E-state index contributed by atoms with van der Waals surface area (Å²) in [5.41, 5.74) is 9.18. The summed E-state index contributed by atoms with van der Waals surface area (Å²) >= 11 is 6.14. The van der Waals surface area contributed by atoms with Gasteiger partial charge in [-0.2, -0.15) is 9.49 Å². The number of nitrogens with two attached hydrogens (primary N) is 1. The Kier molecular flexibility index (Phi) is 12.7. The number of rotatable bonds is 7. The number of aromatic amines is 1. The molecule has 206 valence electrons. The van der Waals surface area contributed by atoms with Crippen LogP contribution < -0.4 is 10.5 Å². The fourth-order valence-electron chi connectivity index (χ4n) is 4.26. The summed E-state index contributed by atoms with van der Waals surface area (Å²) in [6.07, 6.45) is 7.47. The third-order valence-corrected chi connectivity index (χ3v) is 6.98. The number of ketones is 1. The zero-order valence-electron chi connectivity index (χ0n) is 23.4. The SMILES string of the molecule is C/C=C(/C(=O)C1COc2ccc(Cl)cc2C1)c1ccc(-c2cn[nH]c2F)cc1C(C)CC.CCCC.CN. The van der Waals surface area contributed by atoms with E-state index in [0.717, 1.165) is 34.4 Å². The molecule has 7 heteroatoms. The second-order valence-corrected chi connectivity index (χ2v) is 9.68. The van der Waals surface area contributed by atoms with E-state index in [4.69, 9.17) is 16.3 Å². The highest BCUT2D eigenvalue weighted by atomic mass is 35.5. The van der Waals surface area contributed by atoms with Crippen LogP contribution in [0.1, 0.15) is 76.5 Å². The van der Waals surface area contributed by atoms with Crippen molar-refractivity contribution in [2.24, 2.45) is 11.7 Å². The molecule has 4 rings (SSSR count). The molecule has 3 aromatic rings. The molecule has 1 aliphatic rings. The fourth-order valence-corrected chi connectivity index (χ4v) is 4.45. The maximum atomic E-state index is 14.1. The number of Topliss-reactive ketones (excluding diaryl/α,β-unsaturated/α-hetero) is 1. The Balaban J connectivity index is 0.000000773. The van der Waals surface area contributed by atoms with Crippen molar-refractivity contribution in [1.82, 2.24) is 10.2 Å². The number of aromatic nitrogens is 2. The molecule has 5 nitrogen and oxygen atoms in total. The first-order valence-electron chi connectivity index (χ1n) is 13.4. The molecular formula is C31H41ClFN3O2. The largest absolute Gasteiger partial charge is 0.493 e. The number of unbranched alkanes of at least 4 members (excludes halogenated alkanes) is 1. The van der Waals surface area contributed by atoms with Crippen LogP contribution in [-0.2, 0) is 11.2 Å². The molecule has 2 atom stereocenters. The molecule has 0 spiro atoms. The number of H-pyrrole nitrogens is 1. The van der Waals surface area contributed by atoms with Crippen LogP contribution in [0.2, 0.25) is 5.02 Å². The topological polar surface area (TPSA) is 81.0 Å². The normalized spacial score (nSPS) is 15.2. The third-order valence-electron chi connectivity index (χ3n) is 6.74. The van der Waals surface area contributed by atoms with E-state index in [-0.39, 0.29) is 17.6 Å². The number of allylic oxidation sites excluding steroid dienone is 2. The van der Waals surface area contributed by atoms with Crippen LogP contribution in [-0.4, -0.2) is 29.6 Å². The van der Waals surface area contributed by atoms with Gasteiger partial charge >= 0.3 is 0 Å². The van der Waals surface area contributed by atoms with E-state index in [1.54, 1.807) is 6.07 Å². The van der Waals surface area contributed by atoms with E-state index in [1.807, 2.05) is 43.3 Å². The second-order valence-electron chi connectivity index (χ2n) is 9.24. The maximum Gasteiger partial charge on any atom is 0.216 e. The van der Waals surface area contributed by atoms with Gasteiger partial charge in [-0.05, 0) is 73.2 Å². The monoisotopic (exact) mass is 541 g/mol. The van der Waals surface area contributed by atoms with Gasteiger partial charge in [-0.15, -0.1) is 0 Å². The van der Waals surface area contributed by atoms with Gasteiger partial charge in [0.1, 0.15) is 5.75 Å². The molecule has 2 unspecified atom stereocenters. The van der Waals surface area contributed by atoms with E-state index in [9.17, 15) is 9.18 Å². The lowest BCUT2D eigenvalue weighted by Crippen LogP contribution is -2.29. The van der Waals surface area contributed by atoms with Gasteiger partial charge in [-0.3, -0.25) is 9.89 Å². The van der Waals surface area contributed by atoms with E-state index in [0.29, 0.717) is 29.2 Å². The number of fused-ring (bicyclic) bond motifs is 1. The van der Waals surface area contributed by atoms with Crippen molar-refractivity contribution in [3.8, 4) is 16.9 Å². The first kappa shape index (κ1) is 31.3. The summed E-state index contributed by atoms with van der Waals surface area (Å²) in [7, 11) is 1.50. The van der Waals surface area contributed by atoms with Crippen LogP contribution in [0.5, 0.6) is 5.75 Å². The molecule has 0 saturated carbocycles. The third kappa shape index (κ3) is 7.55. The van der Waals surface area contributed by atoms with Crippen LogP contribution in [0.25, 0.3) is 16.7 Å². The number of hydrogen-bond acceptors (Lipinski definition) is 4.